The predicted octanol–water partition coefficient (Wildman–Crippen LogP) is 4.17. The van der Waals surface area contributed by atoms with Gasteiger partial charge in [0.15, 0.2) is 4.80 Å². The van der Waals surface area contributed by atoms with Crippen molar-refractivity contribution in [2.45, 2.75) is 11.8 Å². The van der Waals surface area contributed by atoms with Gasteiger partial charge < -0.3 is 4.57 Å². The Morgan fingerprint density at radius 3 is 2.42 bits per heavy atom. The van der Waals surface area contributed by atoms with Crippen LogP contribution in [0.4, 0.5) is 5.69 Å². The summed E-state index contributed by atoms with van der Waals surface area (Å²) in [5, 5.41) is 5.36. The second-order valence-electron chi connectivity index (χ2n) is 5.49. The van der Waals surface area contributed by atoms with Gasteiger partial charge in [-0.2, -0.15) is 0 Å². The number of thiazole rings is 1. The Morgan fingerprint density at radius 2 is 1.81 bits per heavy atom. The number of benzene rings is 2. The van der Waals surface area contributed by atoms with Gasteiger partial charge in [-0.1, -0.05) is 35.9 Å². The molecule has 0 spiro atoms. The highest BCUT2D eigenvalue weighted by Gasteiger charge is 2.17. The van der Waals surface area contributed by atoms with Crippen molar-refractivity contribution in [1.82, 2.24) is 4.57 Å². The molecule has 0 aliphatic heterocycles. The molecule has 0 aliphatic rings. The maximum atomic E-state index is 11.7. The summed E-state index contributed by atoms with van der Waals surface area (Å²) in [6.07, 6.45) is 0. The van der Waals surface area contributed by atoms with Gasteiger partial charge in [0.25, 0.3) is 0 Å². The van der Waals surface area contributed by atoms with Crippen molar-refractivity contribution in [3.63, 3.8) is 0 Å². The van der Waals surface area contributed by atoms with E-state index >= 15 is 0 Å². The lowest BCUT2D eigenvalue weighted by molar-refractivity contribution is 0.598. The van der Waals surface area contributed by atoms with Gasteiger partial charge in [-0.3, -0.25) is 0 Å². The third-order valence-electron chi connectivity index (χ3n) is 3.69. The average molecular weight is 475 g/mol. The number of aromatic nitrogens is 1. The minimum absolute atomic E-state index is 0. The Labute approximate surface area is 171 Å². The molecule has 0 atom stereocenters. The zero-order valence-corrected chi connectivity index (χ0v) is 18.1. The monoisotopic (exact) mass is 473 g/mol. The van der Waals surface area contributed by atoms with Crippen molar-refractivity contribution < 1.29 is 8.42 Å². The van der Waals surface area contributed by atoms with Gasteiger partial charge in [0.05, 0.1) is 16.4 Å². The minimum atomic E-state index is -3.89. The van der Waals surface area contributed by atoms with Crippen LogP contribution in [0.15, 0.2) is 58.4 Å². The molecule has 138 valence electrons. The van der Waals surface area contributed by atoms with Crippen LogP contribution in [0.5, 0.6) is 0 Å². The number of primary sulfonamides is 1. The van der Waals surface area contributed by atoms with Crippen molar-refractivity contribution in [2.24, 2.45) is 17.2 Å². The van der Waals surface area contributed by atoms with Crippen LogP contribution in [0.3, 0.4) is 0 Å². The summed E-state index contributed by atoms with van der Waals surface area (Å²) in [4.78, 5) is 6.39. The molecular formula is C17H17BrClN3O2S2. The first kappa shape index (κ1) is 20.9. The number of para-hydroxylation sites is 1. The van der Waals surface area contributed by atoms with Crippen LogP contribution < -0.4 is 9.94 Å². The molecule has 0 fully saturated rings. The quantitative estimate of drug-likeness (QED) is 0.618. The second-order valence-corrected chi connectivity index (χ2v) is 8.60. The molecule has 2 aromatic carbocycles. The molecule has 9 heteroatoms. The van der Waals surface area contributed by atoms with E-state index in [-0.39, 0.29) is 26.9 Å². The van der Waals surface area contributed by atoms with Crippen LogP contribution in [0.1, 0.15) is 4.88 Å². The molecule has 0 unspecified atom stereocenters. The van der Waals surface area contributed by atoms with Crippen LogP contribution in [0, 0.1) is 6.92 Å². The smallest absolute Gasteiger partial charge is 0.239 e. The van der Waals surface area contributed by atoms with Crippen LogP contribution in [0.25, 0.3) is 11.3 Å². The molecule has 1 heterocycles. The van der Waals surface area contributed by atoms with E-state index < -0.39 is 10.0 Å². The van der Waals surface area contributed by atoms with Crippen molar-refractivity contribution in [1.29, 1.82) is 0 Å². The van der Waals surface area contributed by atoms with Gasteiger partial charge in [0.2, 0.25) is 10.0 Å². The third kappa shape index (κ3) is 4.27. The van der Waals surface area contributed by atoms with Crippen LogP contribution >= 0.6 is 39.9 Å². The Bertz CT molecular complexity index is 1110. The normalized spacial score (nSPS) is 12.1. The summed E-state index contributed by atoms with van der Waals surface area (Å²) >= 11 is 7.51. The largest absolute Gasteiger partial charge is 0.319 e. The Kier molecular flexibility index (Phi) is 6.46. The maximum absolute atomic E-state index is 11.7. The highest BCUT2D eigenvalue weighted by Crippen LogP contribution is 2.30. The third-order valence-corrected chi connectivity index (χ3v) is 6.13. The molecule has 2 N–H and O–H groups in total. The van der Waals surface area contributed by atoms with Gasteiger partial charge in [0, 0.05) is 17.5 Å². The van der Waals surface area contributed by atoms with Gasteiger partial charge >= 0.3 is 0 Å². The summed E-state index contributed by atoms with van der Waals surface area (Å²) < 4.78 is 25.4. The fraction of sp³-hybridized carbons (Fsp3) is 0.118. The molecule has 0 amide bonds. The van der Waals surface area contributed by atoms with Crippen molar-refractivity contribution in [2.75, 3.05) is 0 Å². The number of halogens is 2. The summed E-state index contributed by atoms with van der Waals surface area (Å²) in [7, 11) is -2.00. The molecule has 0 aliphatic carbocycles. The number of rotatable bonds is 3. The molecule has 0 saturated carbocycles. The van der Waals surface area contributed by atoms with E-state index in [1.807, 2.05) is 48.9 Å². The fourth-order valence-corrected chi connectivity index (χ4v) is 4.64. The number of nitrogens with zero attached hydrogens (tertiary/aromatic N) is 2. The molecule has 1 aromatic heterocycles. The van der Waals surface area contributed by atoms with Gasteiger partial charge in [-0.05, 0) is 31.2 Å². The minimum Gasteiger partial charge on any atom is -0.319 e. The first-order valence-electron chi connectivity index (χ1n) is 7.36. The fourth-order valence-electron chi connectivity index (χ4n) is 2.56. The average Bonchev–Trinajstić information content (AvgIpc) is 2.82. The van der Waals surface area contributed by atoms with Gasteiger partial charge in [0.1, 0.15) is 4.90 Å². The van der Waals surface area contributed by atoms with Crippen molar-refractivity contribution >= 4 is 55.6 Å². The standard InChI is InChI=1S/C17H16ClN3O2S2.BrH/c1-11-16(12-8-9-14(18)15(10-12)25(19,22)23)21(2)17(24-11)20-13-6-4-3-5-7-13;/h3-10H,1-2H3,(H2,19,22,23);1H/b20-17+;. The van der Waals surface area contributed by atoms with E-state index in [1.165, 1.54) is 17.4 Å². The summed E-state index contributed by atoms with van der Waals surface area (Å²) in [5.41, 5.74) is 2.45. The van der Waals surface area contributed by atoms with Crippen LogP contribution in [-0.2, 0) is 17.1 Å². The highest BCUT2D eigenvalue weighted by molar-refractivity contribution is 8.93. The molecule has 0 radical (unpaired) electrons. The van der Waals surface area contributed by atoms with Crippen molar-refractivity contribution in [3.05, 3.63) is 63.2 Å². The van der Waals surface area contributed by atoms with E-state index in [0.29, 0.717) is 0 Å². The number of hydrogen-bond donors (Lipinski definition) is 1. The second kappa shape index (κ2) is 8.06. The topological polar surface area (TPSA) is 77.5 Å². The number of aryl methyl sites for hydroxylation is 1. The lowest BCUT2D eigenvalue weighted by Crippen LogP contribution is -2.14. The molecule has 0 saturated heterocycles. The first-order chi connectivity index (χ1) is 11.8. The molecule has 3 rings (SSSR count). The molecule has 0 bridgehead atoms. The van der Waals surface area contributed by atoms with E-state index in [1.54, 1.807) is 12.1 Å². The SMILES string of the molecule is Br.Cc1s/c(=N/c2ccccc2)n(C)c1-c1ccc(Cl)c(S(N)(=O)=O)c1. The number of hydrogen-bond acceptors (Lipinski definition) is 4. The Morgan fingerprint density at radius 1 is 1.15 bits per heavy atom. The summed E-state index contributed by atoms with van der Waals surface area (Å²) in [6.45, 7) is 1.97. The molecule has 26 heavy (non-hydrogen) atoms. The van der Waals surface area contributed by atoms with E-state index in [0.717, 1.165) is 26.6 Å². The van der Waals surface area contributed by atoms with Crippen LogP contribution in [-0.4, -0.2) is 13.0 Å². The van der Waals surface area contributed by atoms with Crippen LogP contribution in [0.2, 0.25) is 5.02 Å². The number of nitrogens with two attached hydrogens (primary N) is 1. The van der Waals surface area contributed by atoms with Crippen molar-refractivity contribution in [3.8, 4) is 11.3 Å². The highest BCUT2D eigenvalue weighted by atomic mass is 79.9. The lowest BCUT2D eigenvalue weighted by Gasteiger charge is -2.08. The molecule has 3 aromatic rings. The zero-order valence-electron chi connectivity index (χ0n) is 14.0. The summed E-state index contributed by atoms with van der Waals surface area (Å²) in [6, 6.07) is 14.5. The van der Waals surface area contributed by atoms with E-state index in [4.69, 9.17) is 16.7 Å². The van der Waals surface area contributed by atoms with Gasteiger partial charge in [-0.25, -0.2) is 18.5 Å². The molecule has 5 nitrogen and oxygen atoms in total. The lowest BCUT2D eigenvalue weighted by atomic mass is 10.1. The first-order valence-corrected chi connectivity index (χ1v) is 10.1. The zero-order chi connectivity index (χ0) is 18.2. The number of sulfonamides is 1. The Hall–Kier alpha value is -1.45. The maximum Gasteiger partial charge on any atom is 0.239 e. The van der Waals surface area contributed by atoms with E-state index in [9.17, 15) is 8.42 Å². The predicted molar refractivity (Wildman–Crippen MR) is 112 cm³/mol. The van der Waals surface area contributed by atoms with E-state index in [2.05, 4.69) is 4.99 Å². The summed E-state index contributed by atoms with van der Waals surface area (Å²) in [5.74, 6) is 0. The Balaban J connectivity index is 0.00000243. The molecular weight excluding hydrogens is 458 g/mol. The van der Waals surface area contributed by atoms with Gasteiger partial charge in [-0.15, -0.1) is 28.3 Å².